The third-order valence-electron chi connectivity index (χ3n) is 3.48. The highest BCUT2D eigenvalue weighted by molar-refractivity contribution is 7.20. The van der Waals surface area contributed by atoms with Crippen LogP contribution in [0.25, 0.3) is 10.1 Å². The van der Waals surface area contributed by atoms with Crippen molar-refractivity contribution in [1.82, 2.24) is 10.8 Å². The van der Waals surface area contributed by atoms with Crippen LogP contribution in [0.5, 0.6) is 0 Å². The molecule has 1 heterocycles. The minimum atomic E-state index is -0.478. The van der Waals surface area contributed by atoms with E-state index in [9.17, 15) is 4.79 Å². The first-order valence-corrected chi connectivity index (χ1v) is 8.27. The van der Waals surface area contributed by atoms with Gasteiger partial charge in [0.15, 0.2) is 0 Å². The maximum absolute atomic E-state index is 11.4. The van der Waals surface area contributed by atoms with E-state index in [-0.39, 0.29) is 0 Å². The zero-order valence-corrected chi connectivity index (χ0v) is 13.7. The van der Waals surface area contributed by atoms with Gasteiger partial charge in [0.2, 0.25) is 0 Å². The normalized spacial score (nSPS) is 10.9. The monoisotopic (exact) mass is 346 g/mol. The van der Waals surface area contributed by atoms with Crippen molar-refractivity contribution >= 4 is 38.9 Å². The van der Waals surface area contributed by atoms with Crippen LogP contribution in [0.15, 0.2) is 48.5 Å². The molecule has 0 spiro atoms. The fourth-order valence-corrected chi connectivity index (χ4v) is 3.45. The van der Waals surface area contributed by atoms with E-state index in [1.54, 1.807) is 11.5 Å². The van der Waals surface area contributed by atoms with Crippen molar-refractivity contribution in [3.63, 3.8) is 0 Å². The average molecular weight is 347 g/mol. The van der Waals surface area contributed by atoms with Gasteiger partial charge in [-0.05, 0) is 40.8 Å². The lowest BCUT2D eigenvalue weighted by molar-refractivity contribution is 0.0711. The van der Waals surface area contributed by atoms with Gasteiger partial charge in [0.25, 0.3) is 5.91 Å². The van der Waals surface area contributed by atoms with Crippen molar-refractivity contribution in [1.29, 1.82) is 0 Å². The Labute approximate surface area is 142 Å². The van der Waals surface area contributed by atoms with Crippen LogP contribution < -0.4 is 10.8 Å². The number of rotatable bonds is 5. The van der Waals surface area contributed by atoms with E-state index < -0.39 is 5.91 Å². The Morgan fingerprint density at radius 2 is 1.74 bits per heavy atom. The summed E-state index contributed by atoms with van der Waals surface area (Å²) in [7, 11) is 0. The molecular weight excluding hydrogens is 332 g/mol. The number of nitrogens with one attached hydrogen (secondary N) is 2. The van der Waals surface area contributed by atoms with Gasteiger partial charge >= 0.3 is 0 Å². The van der Waals surface area contributed by atoms with Crippen molar-refractivity contribution in [3.05, 3.63) is 69.6 Å². The molecule has 0 saturated heterocycles. The van der Waals surface area contributed by atoms with E-state index in [1.807, 2.05) is 36.4 Å². The van der Waals surface area contributed by atoms with Crippen LogP contribution >= 0.6 is 22.9 Å². The number of fused-ring (bicyclic) bond motifs is 1. The van der Waals surface area contributed by atoms with Crippen molar-refractivity contribution in [2.45, 2.75) is 13.1 Å². The first-order valence-electron chi connectivity index (χ1n) is 7.08. The predicted molar refractivity (Wildman–Crippen MR) is 93.1 cm³/mol. The molecule has 0 bridgehead atoms. The van der Waals surface area contributed by atoms with Crippen LogP contribution in [0.3, 0.4) is 0 Å². The molecule has 0 aliphatic carbocycles. The van der Waals surface area contributed by atoms with Crippen LogP contribution in [-0.2, 0) is 13.1 Å². The number of carbonyl (C=O) groups is 1. The largest absolute Gasteiger partial charge is 0.309 e. The SMILES string of the molecule is O=C(NO)c1cc2ccc(CNCc3ccc(Cl)cc3)cc2s1. The summed E-state index contributed by atoms with van der Waals surface area (Å²) in [6.07, 6.45) is 0. The van der Waals surface area contributed by atoms with Gasteiger partial charge < -0.3 is 5.32 Å². The van der Waals surface area contributed by atoms with Crippen molar-refractivity contribution in [2.75, 3.05) is 0 Å². The van der Waals surface area contributed by atoms with Crippen molar-refractivity contribution in [2.24, 2.45) is 0 Å². The topological polar surface area (TPSA) is 61.4 Å². The standard InChI is InChI=1S/C17H15ClN2O2S/c18-14-5-2-11(3-6-14)9-19-10-12-1-4-13-8-16(17(21)20-22)23-15(13)7-12/h1-8,19,22H,9-10H2,(H,20,21). The van der Waals surface area contributed by atoms with E-state index in [2.05, 4.69) is 11.4 Å². The Morgan fingerprint density at radius 3 is 2.48 bits per heavy atom. The zero-order chi connectivity index (χ0) is 16.2. The second kappa shape index (κ2) is 7.10. The molecule has 1 aromatic heterocycles. The lowest BCUT2D eigenvalue weighted by Crippen LogP contribution is -2.16. The summed E-state index contributed by atoms with van der Waals surface area (Å²) < 4.78 is 1.02. The maximum Gasteiger partial charge on any atom is 0.284 e. The molecule has 23 heavy (non-hydrogen) atoms. The quantitative estimate of drug-likeness (QED) is 0.484. The first kappa shape index (κ1) is 16.0. The number of hydrogen-bond donors (Lipinski definition) is 3. The summed E-state index contributed by atoms with van der Waals surface area (Å²) in [6, 6.07) is 15.6. The molecule has 0 aliphatic heterocycles. The molecule has 3 aromatic rings. The highest BCUT2D eigenvalue weighted by Gasteiger charge is 2.09. The molecule has 1 amide bonds. The second-order valence-electron chi connectivity index (χ2n) is 5.15. The molecular formula is C17H15ClN2O2S. The minimum absolute atomic E-state index is 0.478. The molecule has 0 saturated carbocycles. The maximum atomic E-state index is 11.4. The molecule has 6 heteroatoms. The Bertz CT molecular complexity index is 830. The molecule has 3 rings (SSSR count). The van der Waals surface area contributed by atoms with Crippen LogP contribution in [0.4, 0.5) is 0 Å². The number of thiophene rings is 1. The smallest absolute Gasteiger partial charge is 0.284 e. The van der Waals surface area contributed by atoms with Gasteiger partial charge in [-0.25, -0.2) is 5.48 Å². The van der Waals surface area contributed by atoms with Gasteiger partial charge in [-0.3, -0.25) is 10.0 Å². The highest BCUT2D eigenvalue weighted by Crippen LogP contribution is 2.26. The third-order valence-corrected chi connectivity index (χ3v) is 4.83. The van der Waals surface area contributed by atoms with E-state index in [4.69, 9.17) is 16.8 Å². The molecule has 2 aromatic carbocycles. The summed E-state index contributed by atoms with van der Waals surface area (Å²) in [5, 5.41) is 13.8. The lowest BCUT2D eigenvalue weighted by Gasteiger charge is -2.05. The number of carbonyl (C=O) groups excluding carboxylic acids is 1. The summed E-state index contributed by atoms with van der Waals surface area (Å²) in [4.78, 5) is 11.9. The predicted octanol–water partition coefficient (Wildman–Crippen LogP) is 3.96. The molecule has 3 N–H and O–H groups in total. The van der Waals surface area contributed by atoms with Gasteiger partial charge in [-0.1, -0.05) is 35.9 Å². The highest BCUT2D eigenvalue weighted by atomic mass is 35.5. The average Bonchev–Trinajstić information content (AvgIpc) is 2.99. The Balaban J connectivity index is 1.66. The van der Waals surface area contributed by atoms with E-state index >= 15 is 0 Å². The van der Waals surface area contributed by atoms with Gasteiger partial charge in [0, 0.05) is 22.8 Å². The van der Waals surface area contributed by atoms with Crippen LogP contribution in [-0.4, -0.2) is 11.1 Å². The number of hydrogen-bond acceptors (Lipinski definition) is 4. The zero-order valence-electron chi connectivity index (χ0n) is 12.2. The molecule has 0 unspecified atom stereocenters. The fraction of sp³-hybridized carbons (Fsp3) is 0.118. The first-order chi connectivity index (χ1) is 11.2. The van der Waals surface area contributed by atoms with E-state index in [0.717, 1.165) is 33.8 Å². The van der Waals surface area contributed by atoms with E-state index in [1.165, 1.54) is 16.9 Å². The second-order valence-corrected chi connectivity index (χ2v) is 6.67. The summed E-state index contributed by atoms with van der Waals surface area (Å²) >= 11 is 7.23. The van der Waals surface area contributed by atoms with Gasteiger partial charge in [-0.2, -0.15) is 0 Å². The van der Waals surface area contributed by atoms with Crippen molar-refractivity contribution < 1.29 is 10.0 Å². The fourth-order valence-electron chi connectivity index (χ4n) is 2.31. The van der Waals surface area contributed by atoms with Crippen LogP contribution in [0.1, 0.15) is 20.8 Å². The number of hydroxylamine groups is 1. The van der Waals surface area contributed by atoms with Gasteiger partial charge in [-0.15, -0.1) is 11.3 Å². The van der Waals surface area contributed by atoms with Crippen LogP contribution in [0.2, 0.25) is 5.02 Å². The van der Waals surface area contributed by atoms with Crippen LogP contribution in [0, 0.1) is 0 Å². The molecule has 118 valence electrons. The number of halogens is 1. The summed E-state index contributed by atoms with van der Waals surface area (Å²) in [5.41, 5.74) is 3.98. The molecule has 4 nitrogen and oxygen atoms in total. The molecule has 0 aliphatic rings. The van der Waals surface area contributed by atoms with Gasteiger partial charge in [0.05, 0.1) is 4.88 Å². The Hall–Kier alpha value is -1.92. The minimum Gasteiger partial charge on any atom is -0.309 e. The van der Waals surface area contributed by atoms with E-state index in [0.29, 0.717) is 4.88 Å². The summed E-state index contributed by atoms with van der Waals surface area (Å²) in [5.74, 6) is -0.478. The van der Waals surface area contributed by atoms with Gasteiger partial charge in [0.1, 0.15) is 0 Å². The molecule has 0 radical (unpaired) electrons. The number of benzene rings is 2. The number of amides is 1. The molecule has 0 atom stereocenters. The molecule has 0 fully saturated rings. The Morgan fingerprint density at radius 1 is 1.04 bits per heavy atom. The third kappa shape index (κ3) is 3.89. The summed E-state index contributed by atoms with van der Waals surface area (Å²) in [6.45, 7) is 1.50. The Kier molecular flexibility index (Phi) is 4.93. The van der Waals surface area contributed by atoms with Crippen molar-refractivity contribution in [3.8, 4) is 0 Å². The lowest BCUT2D eigenvalue weighted by atomic mass is 10.1.